The number of hydrogen-bond acceptors (Lipinski definition) is 2. The molecule has 0 unspecified atom stereocenters. The number of aromatic nitrogens is 2. The first-order chi connectivity index (χ1) is 27.3. The summed E-state index contributed by atoms with van der Waals surface area (Å²) in [6.45, 7) is 12.9. The molecule has 0 radical (unpaired) electrons. The maximum Gasteiger partial charge on any atom is 0.431 e. The number of rotatable bonds is 8. The Bertz CT molecular complexity index is 2280. The van der Waals surface area contributed by atoms with E-state index in [1.807, 2.05) is 30.3 Å². The zero-order chi connectivity index (χ0) is 39.1. The van der Waals surface area contributed by atoms with Gasteiger partial charge in [0.15, 0.2) is 0 Å². The van der Waals surface area contributed by atoms with Gasteiger partial charge < -0.3 is 0 Å². The van der Waals surface area contributed by atoms with Gasteiger partial charge in [-0.05, 0) is 75.9 Å². The van der Waals surface area contributed by atoms with Gasteiger partial charge in [0.25, 0.3) is 0 Å². The highest BCUT2D eigenvalue weighted by Crippen LogP contribution is 2.28. The van der Waals surface area contributed by atoms with Crippen LogP contribution in [0, 0.1) is 41.5 Å². The summed E-state index contributed by atoms with van der Waals surface area (Å²) in [5.74, 6) is 0.772. The molecule has 0 saturated carbocycles. The minimum absolute atomic E-state index is 0.772. The summed E-state index contributed by atoms with van der Waals surface area (Å²) in [6, 6.07) is 62.3. The van der Waals surface area contributed by atoms with Crippen LogP contribution in [0.1, 0.15) is 33.4 Å². The van der Waals surface area contributed by atoms with Gasteiger partial charge >= 0.3 is 5.95 Å². The second kappa shape index (κ2) is 16.8. The quantitative estimate of drug-likeness (QED) is 0.0849. The predicted octanol–water partition coefficient (Wildman–Crippen LogP) is 10.1. The Morgan fingerprint density at radius 1 is 0.429 bits per heavy atom. The first-order valence-electron chi connectivity index (χ1n) is 19.4. The molecule has 0 fully saturated rings. The van der Waals surface area contributed by atoms with Crippen LogP contribution in [0.3, 0.4) is 0 Å². The molecule has 56 heavy (non-hydrogen) atoms. The van der Waals surface area contributed by atoms with E-state index < -0.39 is 6.15 Å². The molecule has 1 heterocycles. The third kappa shape index (κ3) is 7.67. The van der Waals surface area contributed by atoms with Gasteiger partial charge in [-0.2, -0.15) is 31.0 Å². The largest absolute Gasteiger partial charge is 0.431 e. The molecule has 0 aliphatic carbocycles. The Kier molecular flexibility index (Phi) is 11.3. The Balaban J connectivity index is 0.000000175. The highest BCUT2D eigenvalue weighted by Gasteiger charge is 2.31. The van der Waals surface area contributed by atoms with E-state index >= 15 is 0 Å². The highest BCUT2D eigenvalue weighted by molar-refractivity contribution is 7.19. The molecule has 0 aliphatic heterocycles. The number of hydrogen-bond donors (Lipinski definition) is 0. The van der Waals surface area contributed by atoms with E-state index in [1.54, 1.807) is 0 Å². The molecular formula is C51H49BN4. The highest BCUT2D eigenvalue weighted by atomic mass is 15.3. The maximum absolute atomic E-state index is 4.75. The first kappa shape index (κ1) is 37.7. The molecule has 4 nitrogen and oxygen atoms in total. The van der Waals surface area contributed by atoms with Crippen LogP contribution >= 0.6 is 0 Å². The van der Waals surface area contributed by atoms with Crippen LogP contribution in [0.5, 0.6) is 0 Å². The molecule has 0 saturated heterocycles. The minimum Gasteiger partial charge on any atom is -0.197 e. The predicted molar refractivity (Wildman–Crippen MR) is 236 cm³/mol. The third-order valence-corrected chi connectivity index (χ3v) is 10.8. The molecule has 8 rings (SSSR count). The zero-order valence-electron chi connectivity index (χ0n) is 33.3. The molecule has 5 heteroatoms. The topological polar surface area (TPSA) is 33.5 Å². The van der Waals surface area contributed by atoms with Gasteiger partial charge in [-0.1, -0.05) is 180 Å². The molecule has 0 bridgehead atoms. The average molecular weight is 729 g/mol. The number of nitrogens with zero attached hydrogens (tertiary/aromatic N) is 4. The lowest BCUT2D eigenvalue weighted by Gasteiger charge is -2.44. The van der Waals surface area contributed by atoms with Crippen molar-refractivity contribution in [2.75, 3.05) is 0 Å². The maximum atomic E-state index is 4.75. The summed E-state index contributed by atoms with van der Waals surface area (Å²) >= 11 is 0. The van der Waals surface area contributed by atoms with Crippen molar-refractivity contribution in [3.63, 3.8) is 0 Å². The lowest BCUT2D eigenvalue weighted by Crippen LogP contribution is -2.74. The van der Waals surface area contributed by atoms with Gasteiger partial charge in [0.2, 0.25) is 0 Å². The Morgan fingerprint density at radius 3 is 1.18 bits per heavy atom. The van der Waals surface area contributed by atoms with Gasteiger partial charge in [-0.3, -0.25) is 0 Å². The van der Waals surface area contributed by atoms with E-state index in [9.17, 15) is 0 Å². The van der Waals surface area contributed by atoms with Gasteiger partial charge in [0, 0.05) is 5.11 Å². The third-order valence-electron chi connectivity index (χ3n) is 10.8. The van der Waals surface area contributed by atoms with E-state index in [2.05, 4.69) is 214 Å². The number of aryl methyl sites for hydroxylation is 6. The fraction of sp³-hybridized carbons (Fsp3) is 0.118. The number of imidazole rings is 1. The molecule has 0 atom stereocenters. The molecule has 0 aliphatic rings. The van der Waals surface area contributed by atoms with Gasteiger partial charge in [-0.15, -0.1) is 0 Å². The van der Waals surface area contributed by atoms with Crippen LogP contribution in [0.4, 0.5) is 11.6 Å². The van der Waals surface area contributed by atoms with Crippen molar-refractivity contribution in [1.82, 2.24) is 4.57 Å². The smallest absolute Gasteiger partial charge is 0.197 e. The second-order valence-corrected chi connectivity index (χ2v) is 14.9. The lowest BCUT2D eigenvalue weighted by atomic mass is 9.13. The SMILES string of the molecule is Cc1cc(C)c(-n2cc[n+](-c3c(C)cc(C)cc3C)c2N=Nc2ccccc2)c(C)c1.c1ccc([B-](c2ccccc2)(c2ccccc2)c2ccccc2)cc1. The van der Waals surface area contributed by atoms with E-state index in [4.69, 9.17) is 5.11 Å². The van der Waals surface area contributed by atoms with Gasteiger partial charge in [0.05, 0.1) is 0 Å². The van der Waals surface area contributed by atoms with Crippen molar-refractivity contribution in [1.29, 1.82) is 0 Å². The summed E-state index contributed by atoms with van der Waals surface area (Å²) in [5, 5.41) is 9.31. The van der Waals surface area contributed by atoms with E-state index in [0.29, 0.717) is 0 Å². The molecule has 0 N–H and O–H groups in total. The van der Waals surface area contributed by atoms with Gasteiger partial charge in [-0.25, -0.2) is 0 Å². The van der Waals surface area contributed by atoms with Crippen molar-refractivity contribution in [3.05, 3.63) is 222 Å². The Labute approximate surface area is 332 Å². The van der Waals surface area contributed by atoms with Crippen LogP contribution in [0.25, 0.3) is 11.4 Å². The minimum atomic E-state index is -1.22. The summed E-state index contributed by atoms with van der Waals surface area (Å²) in [5.41, 5.74) is 15.9. The van der Waals surface area contributed by atoms with Crippen LogP contribution in [-0.4, -0.2) is 10.7 Å². The molecule has 0 spiro atoms. The number of azo groups is 1. The first-order valence-corrected chi connectivity index (χ1v) is 19.4. The van der Waals surface area contributed by atoms with E-state index in [0.717, 1.165) is 23.0 Å². The Morgan fingerprint density at radius 2 is 0.786 bits per heavy atom. The monoisotopic (exact) mass is 728 g/mol. The van der Waals surface area contributed by atoms with Crippen LogP contribution < -0.4 is 26.4 Å². The zero-order valence-corrected chi connectivity index (χ0v) is 33.3. The second-order valence-electron chi connectivity index (χ2n) is 14.9. The van der Waals surface area contributed by atoms with Crippen molar-refractivity contribution in [2.24, 2.45) is 10.2 Å². The normalized spacial score (nSPS) is 11.3. The summed E-state index contributed by atoms with van der Waals surface area (Å²) in [7, 11) is 0. The molecule has 276 valence electrons. The summed E-state index contributed by atoms with van der Waals surface area (Å²) in [4.78, 5) is 0. The van der Waals surface area contributed by atoms with Crippen molar-refractivity contribution in [2.45, 2.75) is 41.5 Å². The molecule has 0 amide bonds. The molecule has 8 aromatic rings. The fourth-order valence-electron chi connectivity index (χ4n) is 8.65. The van der Waals surface area contributed by atoms with Gasteiger partial charge in [0.1, 0.15) is 35.6 Å². The lowest BCUT2D eigenvalue weighted by molar-refractivity contribution is -0.581. The van der Waals surface area contributed by atoms with Crippen LogP contribution in [0.15, 0.2) is 199 Å². The molecular weight excluding hydrogens is 679 g/mol. The van der Waals surface area contributed by atoms with E-state index in [-0.39, 0.29) is 0 Å². The summed E-state index contributed by atoms with van der Waals surface area (Å²) < 4.78 is 4.30. The van der Waals surface area contributed by atoms with Crippen LogP contribution in [-0.2, 0) is 0 Å². The fourth-order valence-corrected chi connectivity index (χ4v) is 8.65. The summed E-state index contributed by atoms with van der Waals surface area (Å²) in [6.07, 6.45) is 2.96. The van der Waals surface area contributed by atoms with E-state index in [1.165, 1.54) is 55.2 Å². The average Bonchev–Trinajstić information content (AvgIpc) is 3.61. The molecule has 1 aromatic heterocycles. The molecule has 7 aromatic carbocycles. The van der Waals surface area contributed by atoms with Crippen molar-refractivity contribution < 1.29 is 4.57 Å². The van der Waals surface area contributed by atoms with Crippen LogP contribution in [0.2, 0.25) is 0 Å². The van der Waals surface area contributed by atoms with Crippen molar-refractivity contribution >= 4 is 39.6 Å². The number of benzene rings is 7. The standard InChI is InChI=1S/C27H29N4.C24H20B/c1-18-14-20(3)25(21(4)15-18)30-12-13-31(26-22(5)16-19(2)17-23(26)6)27(30)29-28-24-10-8-7-9-11-24;1-5-13-21(14-6-1)25(22-15-7-2-8-16-22,23-17-9-3-10-18-23)24-19-11-4-12-20-24/h7-17H,1-6H3;1-20H/q+1;-1. The Hall–Kier alpha value is -6.59. The van der Waals surface area contributed by atoms with Crippen molar-refractivity contribution in [3.8, 4) is 11.4 Å².